The number of benzene rings is 1. The van der Waals surface area contributed by atoms with Gasteiger partial charge >= 0.3 is 5.97 Å². The molecular weight excluding hydrogens is 275 g/mol. The molecule has 1 aliphatic rings. The highest BCUT2D eigenvalue weighted by molar-refractivity contribution is 5.88. The van der Waals surface area contributed by atoms with Gasteiger partial charge in [0.25, 0.3) is 0 Å². The summed E-state index contributed by atoms with van der Waals surface area (Å²) in [7, 11) is 0. The topological polar surface area (TPSA) is 66.6 Å². The van der Waals surface area contributed by atoms with Crippen LogP contribution in [-0.4, -0.2) is 30.2 Å². The molecule has 0 aromatic heterocycles. The van der Waals surface area contributed by atoms with Crippen LogP contribution in [0.15, 0.2) is 24.3 Å². The smallest absolute Gasteiger partial charge is 0.335 e. The molecule has 1 atom stereocenters. The molecule has 4 nitrogen and oxygen atoms in total. The van der Waals surface area contributed by atoms with Gasteiger partial charge in [0, 0.05) is 24.8 Å². The van der Waals surface area contributed by atoms with Gasteiger partial charge in [0.05, 0.1) is 5.56 Å². The van der Waals surface area contributed by atoms with E-state index >= 15 is 0 Å². The zero-order chi connectivity index (χ0) is 11.5. The zero-order valence-corrected chi connectivity index (χ0v) is 11.5. The van der Waals surface area contributed by atoms with E-state index in [2.05, 4.69) is 4.90 Å². The zero-order valence-electron chi connectivity index (χ0n) is 9.91. The van der Waals surface area contributed by atoms with Crippen molar-refractivity contribution in [3.63, 3.8) is 0 Å². The van der Waals surface area contributed by atoms with Gasteiger partial charge in [0.2, 0.25) is 0 Å². The number of carbonyl (C=O) groups is 1. The van der Waals surface area contributed by atoms with Crippen LogP contribution in [0.2, 0.25) is 0 Å². The van der Waals surface area contributed by atoms with E-state index in [4.69, 9.17) is 10.8 Å². The fourth-order valence-corrected chi connectivity index (χ4v) is 2.06. The number of hydrogen-bond acceptors (Lipinski definition) is 3. The Balaban J connectivity index is 0.00000144. The van der Waals surface area contributed by atoms with Crippen LogP contribution < -0.4 is 10.6 Å². The summed E-state index contributed by atoms with van der Waals surface area (Å²) >= 11 is 0. The second kappa shape index (κ2) is 7.46. The molecule has 1 aromatic carbocycles. The number of carboxylic acids is 1. The largest absolute Gasteiger partial charge is 0.478 e. The molecule has 1 heterocycles. The minimum atomic E-state index is -0.887. The van der Waals surface area contributed by atoms with Crippen LogP contribution >= 0.6 is 24.8 Å². The summed E-state index contributed by atoms with van der Waals surface area (Å²) in [6, 6.07) is 7.20. The highest BCUT2D eigenvalue weighted by atomic mass is 35.5. The minimum absolute atomic E-state index is 0. The summed E-state index contributed by atoms with van der Waals surface area (Å²) in [5, 5.41) is 8.79. The summed E-state index contributed by atoms with van der Waals surface area (Å²) in [5.74, 6) is -0.887. The van der Waals surface area contributed by atoms with Crippen molar-refractivity contribution in [3.8, 4) is 0 Å². The first kappa shape index (κ1) is 17.0. The number of nitrogens with zero attached hydrogens (tertiary/aromatic N) is 1. The van der Waals surface area contributed by atoms with E-state index in [1.165, 1.54) is 0 Å². The van der Waals surface area contributed by atoms with E-state index in [0.29, 0.717) is 5.56 Å². The summed E-state index contributed by atoms with van der Waals surface area (Å²) in [6.07, 6.45) is 2.17. The average molecular weight is 293 g/mol. The summed E-state index contributed by atoms with van der Waals surface area (Å²) in [6.45, 7) is 1.85. The van der Waals surface area contributed by atoms with Crippen molar-refractivity contribution in [2.75, 3.05) is 18.0 Å². The molecule has 102 valence electrons. The molecule has 1 fully saturated rings. The number of hydrogen-bond donors (Lipinski definition) is 2. The number of piperidine rings is 1. The molecular formula is C12H18Cl2N2O2. The van der Waals surface area contributed by atoms with Crippen LogP contribution in [0.3, 0.4) is 0 Å². The summed E-state index contributed by atoms with van der Waals surface area (Å²) < 4.78 is 0. The molecule has 6 heteroatoms. The maximum atomic E-state index is 10.7. The Morgan fingerprint density at radius 1 is 1.28 bits per heavy atom. The Bertz CT molecular complexity index is 384. The van der Waals surface area contributed by atoms with Crippen molar-refractivity contribution in [3.05, 3.63) is 29.8 Å². The van der Waals surface area contributed by atoms with Crippen molar-refractivity contribution >= 4 is 36.5 Å². The fourth-order valence-electron chi connectivity index (χ4n) is 2.06. The van der Waals surface area contributed by atoms with Gasteiger partial charge in [0.15, 0.2) is 0 Å². The second-order valence-electron chi connectivity index (χ2n) is 4.20. The Labute approximate surface area is 119 Å². The van der Waals surface area contributed by atoms with Gasteiger partial charge in [-0.3, -0.25) is 0 Å². The molecule has 0 aliphatic carbocycles. The van der Waals surface area contributed by atoms with Gasteiger partial charge in [0.1, 0.15) is 0 Å². The number of nitrogens with two attached hydrogens (primary N) is 1. The Kier molecular flexibility index (Phi) is 7.06. The van der Waals surface area contributed by atoms with E-state index in [1.807, 2.05) is 12.1 Å². The minimum Gasteiger partial charge on any atom is -0.478 e. The maximum absolute atomic E-state index is 10.7. The van der Waals surface area contributed by atoms with Crippen molar-refractivity contribution < 1.29 is 9.90 Å². The third-order valence-corrected chi connectivity index (χ3v) is 2.94. The van der Waals surface area contributed by atoms with Crippen LogP contribution in [0, 0.1) is 0 Å². The predicted octanol–water partition coefficient (Wildman–Crippen LogP) is 2.16. The van der Waals surface area contributed by atoms with Gasteiger partial charge < -0.3 is 15.7 Å². The third kappa shape index (κ3) is 4.05. The number of aromatic carboxylic acids is 1. The third-order valence-electron chi connectivity index (χ3n) is 2.94. The summed E-state index contributed by atoms with van der Waals surface area (Å²) in [5.41, 5.74) is 7.28. The molecule has 0 spiro atoms. The van der Waals surface area contributed by atoms with Crippen LogP contribution in [0.5, 0.6) is 0 Å². The molecule has 0 amide bonds. The highest BCUT2D eigenvalue weighted by Gasteiger charge is 2.16. The van der Waals surface area contributed by atoms with Crippen molar-refractivity contribution in [1.29, 1.82) is 0 Å². The lowest BCUT2D eigenvalue weighted by atomic mass is 10.1. The molecule has 0 bridgehead atoms. The van der Waals surface area contributed by atoms with Crippen LogP contribution in [0.25, 0.3) is 0 Å². The molecule has 2 rings (SSSR count). The number of carboxylic acid groups (broad SMARTS) is 1. The van der Waals surface area contributed by atoms with Gasteiger partial charge in [-0.25, -0.2) is 4.79 Å². The molecule has 1 aromatic rings. The van der Waals surface area contributed by atoms with Gasteiger partial charge in [-0.1, -0.05) is 0 Å². The normalized spacial score (nSPS) is 18.5. The van der Waals surface area contributed by atoms with Crippen molar-refractivity contribution in [2.45, 2.75) is 18.9 Å². The van der Waals surface area contributed by atoms with Crippen LogP contribution in [-0.2, 0) is 0 Å². The first-order valence-corrected chi connectivity index (χ1v) is 5.50. The second-order valence-corrected chi connectivity index (χ2v) is 4.20. The van der Waals surface area contributed by atoms with Gasteiger partial charge in [-0.15, -0.1) is 24.8 Å². The van der Waals surface area contributed by atoms with Gasteiger partial charge in [-0.05, 0) is 37.1 Å². The highest BCUT2D eigenvalue weighted by Crippen LogP contribution is 2.19. The molecule has 3 N–H and O–H groups in total. The lowest BCUT2D eigenvalue weighted by Gasteiger charge is -2.32. The maximum Gasteiger partial charge on any atom is 0.335 e. The van der Waals surface area contributed by atoms with E-state index < -0.39 is 5.97 Å². The van der Waals surface area contributed by atoms with Crippen LogP contribution in [0.4, 0.5) is 5.69 Å². The monoisotopic (exact) mass is 292 g/mol. The standard InChI is InChI=1S/C12H16N2O2.2ClH/c13-10-2-1-7-14(8-10)11-5-3-9(4-6-11)12(15)16;;/h3-6,10H,1-2,7-8,13H2,(H,15,16);2*1H. The predicted molar refractivity (Wildman–Crippen MR) is 77.3 cm³/mol. The first-order chi connectivity index (χ1) is 7.66. The Hall–Kier alpha value is -0.970. The van der Waals surface area contributed by atoms with E-state index in [-0.39, 0.29) is 30.9 Å². The van der Waals surface area contributed by atoms with E-state index in [0.717, 1.165) is 31.6 Å². The molecule has 1 aliphatic heterocycles. The van der Waals surface area contributed by atoms with Crippen molar-refractivity contribution in [1.82, 2.24) is 0 Å². The SMILES string of the molecule is Cl.Cl.NC1CCCN(c2ccc(C(=O)O)cc2)C1. The lowest BCUT2D eigenvalue weighted by molar-refractivity contribution is 0.0697. The fraction of sp³-hybridized carbons (Fsp3) is 0.417. The number of rotatable bonds is 2. The van der Waals surface area contributed by atoms with E-state index in [9.17, 15) is 4.79 Å². The summed E-state index contributed by atoms with van der Waals surface area (Å²) in [4.78, 5) is 12.9. The Morgan fingerprint density at radius 3 is 2.39 bits per heavy atom. The number of anilines is 1. The lowest BCUT2D eigenvalue weighted by Crippen LogP contribution is -2.42. The first-order valence-electron chi connectivity index (χ1n) is 5.50. The van der Waals surface area contributed by atoms with Crippen molar-refractivity contribution in [2.24, 2.45) is 5.73 Å². The molecule has 0 radical (unpaired) electrons. The molecule has 1 unspecified atom stereocenters. The average Bonchev–Trinajstić information content (AvgIpc) is 2.29. The quantitative estimate of drug-likeness (QED) is 0.877. The molecule has 18 heavy (non-hydrogen) atoms. The van der Waals surface area contributed by atoms with Crippen LogP contribution in [0.1, 0.15) is 23.2 Å². The molecule has 0 saturated carbocycles. The molecule has 1 saturated heterocycles. The number of halogens is 2. The Morgan fingerprint density at radius 2 is 1.89 bits per heavy atom. The van der Waals surface area contributed by atoms with Gasteiger partial charge in [-0.2, -0.15) is 0 Å². The van der Waals surface area contributed by atoms with E-state index in [1.54, 1.807) is 12.1 Å².